The molecule has 7 nitrogen and oxygen atoms in total. The molecule has 0 saturated carbocycles. The monoisotopic (exact) mass is 481 g/mol. The molecule has 0 spiro atoms. The fourth-order valence-corrected chi connectivity index (χ4v) is 5.71. The minimum atomic E-state index is -0.609. The number of rotatable bonds is 5. The predicted octanol–water partition coefficient (Wildman–Crippen LogP) is 4.07. The van der Waals surface area contributed by atoms with Gasteiger partial charge in [0, 0.05) is 40.7 Å². The Morgan fingerprint density at radius 3 is 2.39 bits per heavy atom. The minimum Gasteiger partial charge on any atom is -0.496 e. The van der Waals surface area contributed by atoms with Crippen molar-refractivity contribution >= 4 is 22.7 Å². The number of hydrogen-bond donors (Lipinski definition) is 1. The van der Waals surface area contributed by atoms with Gasteiger partial charge in [-0.3, -0.25) is 9.59 Å². The summed E-state index contributed by atoms with van der Waals surface area (Å²) in [6.07, 6.45) is 0.456. The third kappa shape index (κ3) is 3.42. The largest absolute Gasteiger partial charge is 0.496 e. The van der Waals surface area contributed by atoms with Gasteiger partial charge in [0.25, 0.3) is 0 Å². The number of benzene rings is 3. The summed E-state index contributed by atoms with van der Waals surface area (Å²) in [7, 11) is 3.24. The molecule has 1 saturated heterocycles. The Morgan fingerprint density at radius 1 is 0.889 bits per heavy atom. The molecule has 2 aliphatic heterocycles. The molecular weight excluding hydrogens is 454 g/mol. The lowest BCUT2D eigenvalue weighted by molar-refractivity contribution is -0.159. The van der Waals surface area contributed by atoms with E-state index in [2.05, 4.69) is 11.1 Å². The zero-order chi connectivity index (χ0) is 24.8. The normalized spacial score (nSPS) is 19.3. The van der Waals surface area contributed by atoms with Crippen LogP contribution in [0.4, 0.5) is 0 Å². The molecule has 0 bridgehead atoms. The van der Waals surface area contributed by atoms with Crippen LogP contribution in [-0.2, 0) is 22.6 Å². The molecule has 3 heterocycles. The lowest BCUT2D eigenvalue weighted by Crippen LogP contribution is -2.62. The van der Waals surface area contributed by atoms with Crippen LogP contribution in [0.3, 0.4) is 0 Å². The Kier molecular flexibility index (Phi) is 5.40. The lowest BCUT2D eigenvalue weighted by atomic mass is 9.85. The number of aromatic nitrogens is 1. The van der Waals surface area contributed by atoms with Crippen LogP contribution in [0.1, 0.15) is 28.4 Å². The highest BCUT2D eigenvalue weighted by Gasteiger charge is 2.48. The van der Waals surface area contributed by atoms with Gasteiger partial charge >= 0.3 is 0 Å². The summed E-state index contributed by atoms with van der Waals surface area (Å²) in [5.74, 6) is 1.24. The molecular formula is C29H27N3O4. The molecule has 36 heavy (non-hydrogen) atoms. The molecule has 2 aliphatic rings. The second kappa shape index (κ2) is 8.75. The summed E-state index contributed by atoms with van der Waals surface area (Å²) in [6, 6.07) is 22.4. The van der Waals surface area contributed by atoms with E-state index in [1.54, 1.807) is 24.0 Å². The molecule has 6 rings (SSSR count). The van der Waals surface area contributed by atoms with Gasteiger partial charge in [0.05, 0.1) is 14.2 Å². The van der Waals surface area contributed by atoms with Gasteiger partial charge in [-0.25, -0.2) is 0 Å². The Hall–Kier alpha value is -4.26. The van der Waals surface area contributed by atoms with Crippen LogP contribution in [0.15, 0.2) is 72.8 Å². The van der Waals surface area contributed by atoms with E-state index in [9.17, 15) is 9.59 Å². The first kappa shape index (κ1) is 22.2. The number of carbonyl (C=O) groups is 2. The van der Waals surface area contributed by atoms with Gasteiger partial charge < -0.3 is 24.3 Å². The maximum Gasteiger partial charge on any atom is 0.246 e. The molecule has 1 fully saturated rings. The second-order valence-corrected chi connectivity index (χ2v) is 9.23. The second-order valence-electron chi connectivity index (χ2n) is 9.23. The number of ether oxygens (including phenoxy) is 2. The molecule has 0 aliphatic carbocycles. The number of aromatic amines is 1. The quantitative estimate of drug-likeness (QED) is 0.466. The van der Waals surface area contributed by atoms with Gasteiger partial charge in [0.1, 0.15) is 30.1 Å². The zero-order valence-corrected chi connectivity index (χ0v) is 20.2. The molecule has 1 aromatic heterocycles. The van der Waals surface area contributed by atoms with Crippen LogP contribution in [0.2, 0.25) is 0 Å². The fraction of sp³-hybridized carbons (Fsp3) is 0.241. The number of H-pyrrole nitrogens is 1. The SMILES string of the molecule is COc1ccccc1CN1CC(=O)N2[C@H](c3ccccc3OC)c3[nH]c4ccccc4c3C[C@H]2C1=O. The van der Waals surface area contributed by atoms with E-state index < -0.39 is 12.1 Å². The van der Waals surface area contributed by atoms with E-state index in [4.69, 9.17) is 9.47 Å². The van der Waals surface area contributed by atoms with E-state index in [0.717, 1.165) is 33.3 Å². The van der Waals surface area contributed by atoms with Crippen LogP contribution >= 0.6 is 0 Å². The third-order valence-electron chi connectivity index (χ3n) is 7.33. The average Bonchev–Trinajstić information content (AvgIpc) is 3.29. The summed E-state index contributed by atoms with van der Waals surface area (Å²) < 4.78 is 11.2. The van der Waals surface area contributed by atoms with E-state index in [1.165, 1.54) is 0 Å². The van der Waals surface area contributed by atoms with Crippen molar-refractivity contribution in [2.45, 2.75) is 25.0 Å². The summed E-state index contributed by atoms with van der Waals surface area (Å²) in [5, 5.41) is 1.08. The smallest absolute Gasteiger partial charge is 0.246 e. The molecule has 2 amide bonds. The number of nitrogens with one attached hydrogen (secondary N) is 1. The Bertz CT molecular complexity index is 1480. The molecule has 7 heteroatoms. The number of para-hydroxylation sites is 3. The van der Waals surface area contributed by atoms with E-state index in [1.807, 2.05) is 66.7 Å². The van der Waals surface area contributed by atoms with Gasteiger partial charge in [0.15, 0.2) is 0 Å². The van der Waals surface area contributed by atoms with Crippen LogP contribution in [0, 0.1) is 0 Å². The maximum absolute atomic E-state index is 14.0. The average molecular weight is 482 g/mol. The molecule has 182 valence electrons. The summed E-state index contributed by atoms with van der Waals surface area (Å²) in [5.41, 5.74) is 4.74. The molecule has 0 unspecified atom stereocenters. The number of amides is 2. The topological polar surface area (TPSA) is 74.9 Å². The predicted molar refractivity (Wildman–Crippen MR) is 136 cm³/mol. The van der Waals surface area contributed by atoms with Crippen LogP contribution < -0.4 is 9.47 Å². The molecule has 1 N–H and O–H groups in total. The van der Waals surface area contributed by atoms with Gasteiger partial charge in [-0.1, -0.05) is 54.6 Å². The third-order valence-corrected chi connectivity index (χ3v) is 7.33. The van der Waals surface area contributed by atoms with E-state index in [0.29, 0.717) is 24.5 Å². The van der Waals surface area contributed by atoms with Crippen LogP contribution in [0.25, 0.3) is 10.9 Å². The highest BCUT2D eigenvalue weighted by Crippen LogP contribution is 2.45. The Balaban J connectivity index is 1.47. The Morgan fingerprint density at radius 2 is 1.58 bits per heavy atom. The summed E-state index contributed by atoms with van der Waals surface area (Å²) >= 11 is 0. The van der Waals surface area contributed by atoms with Crippen molar-refractivity contribution in [3.8, 4) is 11.5 Å². The van der Waals surface area contributed by atoms with E-state index >= 15 is 0 Å². The van der Waals surface area contributed by atoms with Crippen molar-refractivity contribution in [2.75, 3.05) is 20.8 Å². The zero-order valence-electron chi connectivity index (χ0n) is 20.2. The fourth-order valence-electron chi connectivity index (χ4n) is 5.71. The van der Waals surface area contributed by atoms with Crippen molar-refractivity contribution < 1.29 is 19.1 Å². The number of nitrogens with zero attached hydrogens (tertiary/aromatic N) is 2. The van der Waals surface area contributed by atoms with Gasteiger partial charge in [0.2, 0.25) is 11.8 Å². The van der Waals surface area contributed by atoms with Crippen molar-refractivity contribution in [3.05, 3.63) is 95.2 Å². The molecule has 0 radical (unpaired) electrons. The maximum atomic E-state index is 14.0. The van der Waals surface area contributed by atoms with Gasteiger partial charge in [-0.05, 0) is 23.8 Å². The number of piperazine rings is 1. The number of carbonyl (C=O) groups excluding carboxylic acids is 2. The van der Waals surface area contributed by atoms with Crippen LogP contribution in [-0.4, -0.2) is 53.4 Å². The molecule has 3 aromatic carbocycles. The molecule has 2 atom stereocenters. The van der Waals surface area contributed by atoms with E-state index in [-0.39, 0.29) is 18.4 Å². The standard InChI is InChI=1S/C29H27N3O4/c1-35-24-13-7-3-9-18(24)16-31-17-26(33)32-23(29(31)34)15-21-19-10-4-6-12-22(19)30-27(21)28(32)20-11-5-8-14-25(20)36-2/h3-14,23,28,30H,15-17H2,1-2H3/t23-,28+/m0/s1. The summed E-state index contributed by atoms with van der Waals surface area (Å²) in [4.78, 5) is 34.7. The Labute approximate surface area is 209 Å². The number of hydrogen-bond acceptors (Lipinski definition) is 4. The van der Waals surface area contributed by atoms with Crippen molar-refractivity contribution in [3.63, 3.8) is 0 Å². The highest BCUT2D eigenvalue weighted by atomic mass is 16.5. The van der Waals surface area contributed by atoms with Crippen LogP contribution in [0.5, 0.6) is 11.5 Å². The molecule has 4 aromatic rings. The number of methoxy groups -OCH3 is 2. The van der Waals surface area contributed by atoms with Crippen molar-refractivity contribution in [1.82, 2.24) is 14.8 Å². The van der Waals surface area contributed by atoms with Gasteiger partial charge in [-0.15, -0.1) is 0 Å². The first-order valence-corrected chi connectivity index (χ1v) is 12.0. The van der Waals surface area contributed by atoms with Crippen molar-refractivity contribution in [1.29, 1.82) is 0 Å². The highest BCUT2D eigenvalue weighted by molar-refractivity contribution is 5.97. The lowest BCUT2D eigenvalue weighted by Gasteiger charge is -2.47. The first-order chi connectivity index (χ1) is 17.6. The first-order valence-electron chi connectivity index (χ1n) is 12.0. The number of fused-ring (bicyclic) bond motifs is 4. The summed E-state index contributed by atoms with van der Waals surface area (Å²) in [6.45, 7) is 0.327. The minimum absolute atomic E-state index is 0.00852. The van der Waals surface area contributed by atoms with Crippen molar-refractivity contribution in [2.24, 2.45) is 0 Å². The van der Waals surface area contributed by atoms with Gasteiger partial charge in [-0.2, -0.15) is 0 Å².